The largest absolute Gasteiger partial charge is 0.477 e. The zero-order chi connectivity index (χ0) is 13.0. The number of nitrogens with zero attached hydrogens (tertiary/aromatic N) is 3. The quantitative estimate of drug-likeness (QED) is 0.861. The normalized spacial score (nSPS) is 20.6. The Balaban J connectivity index is 1.99. The van der Waals surface area contributed by atoms with Crippen molar-refractivity contribution < 1.29 is 14.6 Å². The van der Waals surface area contributed by atoms with E-state index in [1.54, 1.807) is 0 Å². The molecule has 1 aliphatic heterocycles. The molecule has 98 valence electrons. The van der Waals surface area contributed by atoms with Gasteiger partial charge < -0.3 is 14.7 Å². The molecule has 6 nitrogen and oxygen atoms in total. The number of likely N-dealkylation sites (tertiary alicyclic amines) is 1. The highest BCUT2D eigenvalue weighted by Gasteiger charge is 2.21. The number of carboxylic acid groups (broad SMARTS) is 1. The number of rotatable bonds is 4. The predicted molar refractivity (Wildman–Crippen MR) is 64.8 cm³/mol. The average molecular weight is 251 g/mol. The standard InChI is InChI=1S/C12H17N3O3/c1-15-7-3-2-4-9(15)8-18-11-10(12(16)17)5-6-13-14-11/h5-6,9H,2-4,7-8H2,1H3,(H,16,17). The zero-order valence-corrected chi connectivity index (χ0v) is 10.4. The molecule has 0 aliphatic carbocycles. The molecule has 1 N–H and O–H groups in total. The van der Waals surface area contributed by atoms with Gasteiger partial charge in [-0.1, -0.05) is 6.42 Å². The lowest BCUT2D eigenvalue weighted by Gasteiger charge is -2.31. The van der Waals surface area contributed by atoms with Crippen molar-refractivity contribution in [1.29, 1.82) is 0 Å². The van der Waals surface area contributed by atoms with Crippen LogP contribution in [0.2, 0.25) is 0 Å². The highest BCUT2D eigenvalue weighted by Crippen LogP contribution is 2.18. The molecule has 0 bridgehead atoms. The second-order valence-electron chi connectivity index (χ2n) is 4.50. The first kappa shape index (κ1) is 12.8. The van der Waals surface area contributed by atoms with Crippen LogP contribution in [-0.2, 0) is 0 Å². The predicted octanol–water partition coefficient (Wildman–Crippen LogP) is 1.04. The van der Waals surface area contributed by atoms with Gasteiger partial charge in [0.1, 0.15) is 12.2 Å². The molecule has 0 amide bonds. The summed E-state index contributed by atoms with van der Waals surface area (Å²) in [5, 5.41) is 16.4. The maximum Gasteiger partial charge on any atom is 0.341 e. The van der Waals surface area contributed by atoms with E-state index in [1.807, 2.05) is 0 Å². The molecule has 1 atom stereocenters. The number of likely N-dealkylation sites (N-methyl/N-ethyl adjacent to an activating group) is 1. The van der Waals surface area contributed by atoms with Gasteiger partial charge in [-0.05, 0) is 32.5 Å². The van der Waals surface area contributed by atoms with Crippen LogP contribution in [0.4, 0.5) is 0 Å². The molecule has 0 spiro atoms. The molecule has 1 saturated heterocycles. The van der Waals surface area contributed by atoms with Gasteiger partial charge in [-0.25, -0.2) is 4.79 Å². The van der Waals surface area contributed by atoms with Gasteiger partial charge in [-0.2, -0.15) is 5.10 Å². The van der Waals surface area contributed by atoms with Gasteiger partial charge in [-0.15, -0.1) is 5.10 Å². The van der Waals surface area contributed by atoms with Crippen LogP contribution >= 0.6 is 0 Å². The number of hydrogen-bond donors (Lipinski definition) is 1. The van der Waals surface area contributed by atoms with E-state index in [0.717, 1.165) is 13.0 Å². The second kappa shape index (κ2) is 5.77. The number of aromatic carboxylic acids is 1. The van der Waals surface area contributed by atoms with Crippen LogP contribution in [0.25, 0.3) is 0 Å². The Hall–Kier alpha value is -1.69. The van der Waals surface area contributed by atoms with Gasteiger partial charge in [-0.3, -0.25) is 0 Å². The van der Waals surface area contributed by atoms with Crippen molar-refractivity contribution in [2.75, 3.05) is 20.2 Å². The van der Waals surface area contributed by atoms with Crippen LogP contribution in [0, 0.1) is 0 Å². The Labute approximate surface area is 106 Å². The van der Waals surface area contributed by atoms with E-state index in [0.29, 0.717) is 12.6 Å². The van der Waals surface area contributed by atoms with Crippen molar-refractivity contribution in [2.24, 2.45) is 0 Å². The Morgan fingerprint density at radius 2 is 2.44 bits per heavy atom. The molecular weight excluding hydrogens is 234 g/mol. The number of carbonyl (C=O) groups is 1. The molecule has 0 radical (unpaired) electrons. The lowest BCUT2D eigenvalue weighted by molar-refractivity contribution is 0.0685. The van der Waals surface area contributed by atoms with E-state index in [2.05, 4.69) is 22.1 Å². The fraction of sp³-hybridized carbons (Fsp3) is 0.583. The summed E-state index contributed by atoms with van der Waals surface area (Å²) in [6.45, 7) is 1.51. The first-order chi connectivity index (χ1) is 8.68. The SMILES string of the molecule is CN1CCCCC1COc1nnccc1C(=O)O. The molecule has 1 aromatic rings. The van der Waals surface area contributed by atoms with Gasteiger partial charge in [0, 0.05) is 6.04 Å². The van der Waals surface area contributed by atoms with E-state index >= 15 is 0 Å². The van der Waals surface area contributed by atoms with Crippen LogP contribution in [0.1, 0.15) is 29.6 Å². The molecule has 2 heterocycles. The van der Waals surface area contributed by atoms with E-state index < -0.39 is 5.97 Å². The van der Waals surface area contributed by atoms with Gasteiger partial charge in [0.2, 0.25) is 5.88 Å². The number of aromatic nitrogens is 2. The second-order valence-corrected chi connectivity index (χ2v) is 4.50. The molecule has 1 fully saturated rings. The number of piperidine rings is 1. The van der Waals surface area contributed by atoms with Gasteiger partial charge >= 0.3 is 5.97 Å². The van der Waals surface area contributed by atoms with Gasteiger partial charge in [0.25, 0.3) is 0 Å². The van der Waals surface area contributed by atoms with E-state index in [4.69, 9.17) is 9.84 Å². The smallest absolute Gasteiger partial charge is 0.341 e. The van der Waals surface area contributed by atoms with Crippen molar-refractivity contribution in [3.8, 4) is 5.88 Å². The van der Waals surface area contributed by atoms with E-state index in [1.165, 1.54) is 25.1 Å². The Morgan fingerprint density at radius 3 is 3.17 bits per heavy atom. The van der Waals surface area contributed by atoms with Crippen LogP contribution < -0.4 is 4.74 Å². The average Bonchev–Trinajstić information content (AvgIpc) is 2.38. The highest BCUT2D eigenvalue weighted by atomic mass is 16.5. The highest BCUT2D eigenvalue weighted by molar-refractivity contribution is 5.89. The Morgan fingerprint density at radius 1 is 1.61 bits per heavy atom. The van der Waals surface area contributed by atoms with Gasteiger partial charge in [0.05, 0.1) is 6.20 Å². The van der Waals surface area contributed by atoms with Crippen molar-refractivity contribution in [2.45, 2.75) is 25.3 Å². The molecular formula is C12H17N3O3. The Kier molecular flexibility index (Phi) is 4.09. The lowest BCUT2D eigenvalue weighted by atomic mass is 10.0. The van der Waals surface area contributed by atoms with Gasteiger partial charge in [0.15, 0.2) is 0 Å². The summed E-state index contributed by atoms with van der Waals surface area (Å²) in [5.41, 5.74) is 0.0588. The van der Waals surface area contributed by atoms with Crippen molar-refractivity contribution in [3.63, 3.8) is 0 Å². The molecule has 0 saturated carbocycles. The third-order valence-corrected chi connectivity index (χ3v) is 3.25. The minimum atomic E-state index is -1.04. The first-order valence-electron chi connectivity index (χ1n) is 6.06. The minimum absolute atomic E-state index is 0.0588. The number of ether oxygens (including phenoxy) is 1. The molecule has 0 aromatic carbocycles. The third-order valence-electron chi connectivity index (χ3n) is 3.25. The maximum absolute atomic E-state index is 11.0. The van der Waals surface area contributed by atoms with Crippen LogP contribution in [0.3, 0.4) is 0 Å². The van der Waals surface area contributed by atoms with Crippen molar-refractivity contribution in [3.05, 3.63) is 17.8 Å². The van der Waals surface area contributed by atoms with E-state index in [-0.39, 0.29) is 11.4 Å². The summed E-state index contributed by atoms with van der Waals surface area (Å²) >= 11 is 0. The lowest BCUT2D eigenvalue weighted by Crippen LogP contribution is -2.40. The summed E-state index contributed by atoms with van der Waals surface area (Å²) < 4.78 is 5.51. The van der Waals surface area contributed by atoms with Crippen LogP contribution in [0.15, 0.2) is 12.3 Å². The summed E-state index contributed by atoms with van der Waals surface area (Å²) in [4.78, 5) is 13.2. The molecule has 6 heteroatoms. The summed E-state index contributed by atoms with van der Waals surface area (Å²) in [6, 6.07) is 1.72. The topological polar surface area (TPSA) is 75.5 Å². The Bertz CT molecular complexity index is 425. The zero-order valence-electron chi connectivity index (χ0n) is 10.4. The number of hydrogen-bond acceptors (Lipinski definition) is 5. The first-order valence-corrected chi connectivity index (χ1v) is 6.06. The molecule has 1 unspecified atom stereocenters. The molecule has 1 aliphatic rings. The summed E-state index contributed by atoms with van der Waals surface area (Å²) in [6.07, 6.45) is 4.81. The summed E-state index contributed by atoms with van der Waals surface area (Å²) in [7, 11) is 2.06. The number of carboxylic acids is 1. The van der Waals surface area contributed by atoms with Crippen LogP contribution in [0.5, 0.6) is 5.88 Å². The molecule has 2 rings (SSSR count). The fourth-order valence-electron chi connectivity index (χ4n) is 2.12. The fourth-order valence-corrected chi connectivity index (χ4v) is 2.12. The minimum Gasteiger partial charge on any atom is -0.477 e. The summed E-state index contributed by atoms with van der Waals surface area (Å²) in [5.74, 6) is -0.944. The third kappa shape index (κ3) is 2.95. The van der Waals surface area contributed by atoms with E-state index in [9.17, 15) is 4.79 Å². The maximum atomic E-state index is 11.0. The molecule has 1 aromatic heterocycles. The van der Waals surface area contributed by atoms with Crippen molar-refractivity contribution >= 4 is 5.97 Å². The van der Waals surface area contributed by atoms with Crippen molar-refractivity contribution in [1.82, 2.24) is 15.1 Å². The van der Waals surface area contributed by atoms with Crippen LogP contribution in [-0.4, -0.2) is 52.4 Å². The monoisotopic (exact) mass is 251 g/mol. The molecule has 18 heavy (non-hydrogen) atoms.